The van der Waals surface area contributed by atoms with Gasteiger partial charge >= 0.3 is 0 Å². The number of amides is 1. The number of phenolic OH excluding ortho intramolecular Hbond substituents is 1. The Labute approximate surface area is 156 Å². The number of phenols is 1. The Morgan fingerprint density at radius 3 is 2.54 bits per heavy atom. The van der Waals surface area contributed by atoms with Crippen molar-refractivity contribution < 1.29 is 9.90 Å². The molecule has 0 fully saturated rings. The van der Waals surface area contributed by atoms with Crippen LogP contribution in [0.15, 0.2) is 47.6 Å². The molecule has 0 bridgehead atoms. The van der Waals surface area contributed by atoms with E-state index < -0.39 is 0 Å². The maximum Gasteiger partial charge on any atom is 0.237 e. The number of hydrogen-bond acceptors (Lipinski definition) is 5. The van der Waals surface area contributed by atoms with Crippen LogP contribution in [-0.2, 0) is 4.79 Å². The lowest BCUT2D eigenvalue weighted by atomic mass is 10.1. The van der Waals surface area contributed by atoms with Gasteiger partial charge in [0.25, 0.3) is 0 Å². The largest absolute Gasteiger partial charge is 0.507 e. The first-order chi connectivity index (χ1) is 12.5. The summed E-state index contributed by atoms with van der Waals surface area (Å²) in [6.07, 6.45) is 0. The van der Waals surface area contributed by atoms with Gasteiger partial charge in [0.15, 0.2) is 5.82 Å². The molecule has 26 heavy (non-hydrogen) atoms. The number of carbonyl (C=O) groups is 1. The summed E-state index contributed by atoms with van der Waals surface area (Å²) in [4.78, 5) is 16.9. The van der Waals surface area contributed by atoms with Gasteiger partial charge in [0.1, 0.15) is 5.75 Å². The molecule has 0 unspecified atom stereocenters. The first kappa shape index (κ1) is 18.0. The van der Waals surface area contributed by atoms with E-state index in [2.05, 4.69) is 20.5 Å². The predicted molar refractivity (Wildman–Crippen MR) is 103 cm³/mol. The number of aromatic nitrogens is 3. The minimum atomic E-state index is -0.373. The molecule has 2 aromatic carbocycles. The summed E-state index contributed by atoms with van der Waals surface area (Å²) >= 11 is 1.26. The highest BCUT2D eigenvalue weighted by Crippen LogP contribution is 2.28. The molecule has 0 aliphatic rings. The normalized spacial score (nSPS) is 12.0. The van der Waals surface area contributed by atoms with Gasteiger partial charge in [-0.15, -0.1) is 5.10 Å². The van der Waals surface area contributed by atoms with Gasteiger partial charge in [-0.2, -0.15) is 0 Å². The fourth-order valence-corrected chi connectivity index (χ4v) is 3.27. The summed E-state index contributed by atoms with van der Waals surface area (Å²) < 4.78 is 0. The number of aromatic hydroxyl groups is 1. The summed E-state index contributed by atoms with van der Waals surface area (Å²) in [5.41, 5.74) is 3.46. The predicted octanol–water partition coefficient (Wildman–Crippen LogP) is 3.91. The highest BCUT2D eigenvalue weighted by atomic mass is 32.2. The second-order valence-electron chi connectivity index (χ2n) is 6.00. The third-order valence-corrected chi connectivity index (χ3v) is 4.97. The van der Waals surface area contributed by atoms with Crippen LogP contribution in [0.5, 0.6) is 5.75 Å². The van der Waals surface area contributed by atoms with Crippen LogP contribution in [0, 0.1) is 13.8 Å². The zero-order valence-corrected chi connectivity index (χ0v) is 15.6. The number of anilines is 1. The molecule has 6 nitrogen and oxygen atoms in total. The van der Waals surface area contributed by atoms with Gasteiger partial charge in [0.2, 0.25) is 11.1 Å². The highest BCUT2D eigenvalue weighted by Gasteiger charge is 2.19. The van der Waals surface area contributed by atoms with E-state index in [1.807, 2.05) is 45.0 Å². The van der Waals surface area contributed by atoms with Crippen LogP contribution in [0.2, 0.25) is 0 Å². The molecule has 3 N–H and O–H groups in total. The maximum atomic E-state index is 12.5. The Morgan fingerprint density at radius 1 is 1.15 bits per heavy atom. The zero-order valence-electron chi connectivity index (χ0n) is 14.8. The van der Waals surface area contributed by atoms with Crippen molar-refractivity contribution in [3.8, 4) is 17.1 Å². The molecule has 134 valence electrons. The van der Waals surface area contributed by atoms with Gasteiger partial charge in [-0.25, -0.2) is 4.98 Å². The van der Waals surface area contributed by atoms with Gasteiger partial charge < -0.3 is 10.4 Å². The minimum Gasteiger partial charge on any atom is -0.507 e. The van der Waals surface area contributed by atoms with E-state index in [0.29, 0.717) is 16.5 Å². The Hall–Kier alpha value is -2.80. The van der Waals surface area contributed by atoms with Crippen molar-refractivity contribution in [3.05, 3.63) is 53.6 Å². The SMILES string of the molecule is Cc1cccc(C)c1NC(=O)[C@H](C)Sc1n[nH]c(-c2ccccc2O)n1. The highest BCUT2D eigenvalue weighted by molar-refractivity contribution is 8.00. The summed E-state index contributed by atoms with van der Waals surface area (Å²) in [6.45, 7) is 5.74. The topological polar surface area (TPSA) is 90.9 Å². The Kier molecular flexibility index (Phi) is 5.27. The molecule has 0 spiro atoms. The number of carbonyl (C=O) groups excluding carboxylic acids is 1. The molecule has 1 amide bonds. The molecular formula is C19H20N4O2S. The fourth-order valence-electron chi connectivity index (χ4n) is 2.54. The first-order valence-corrected chi connectivity index (χ1v) is 9.08. The van der Waals surface area contributed by atoms with Crippen molar-refractivity contribution >= 4 is 23.4 Å². The van der Waals surface area contributed by atoms with Crippen LogP contribution in [0.3, 0.4) is 0 Å². The van der Waals surface area contributed by atoms with Crippen LogP contribution < -0.4 is 5.32 Å². The molecule has 1 aromatic heterocycles. The molecule has 0 saturated carbocycles. The van der Waals surface area contributed by atoms with Crippen LogP contribution >= 0.6 is 11.8 Å². The number of thioether (sulfide) groups is 1. The number of hydrogen-bond donors (Lipinski definition) is 3. The third kappa shape index (κ3) is 3.88. The number of aryl methyl sites for hydroxylation is 2. The first-order valence-electron chi connectivity index (χ1n) is 8.20. The summed E-state index contributed by atoms with van der Waals surface area (Å²) in [5, 5.41) is 19.9. The number of H-pyrrole nitrogens is 1. The van der Waals surface area contributed by atoms with Crippen molar-refractivity contribution in [2.24, 2.45) is 0 Å². The summed E-state index contributed by atoms with van der Waals surface area (Å²) in [6, 6.07) is 12.8. The molecule has 0 aliphatic heterocycles. The van der Waals surface area contributed by atoms with Gasteiger partial charge in [-0.3, -0.25) is 9.89 Å². The van der Waals surface area contributed by atoms with Crippen molar-refractivity contribution in [1.29, 1.82) is 0 Å². The number of nitrogens with zero attached hydrogens (tertiary/aromatic N) is 2. The molecule has 1 atom stereocenters. The Balaban J connectivity index is 1.69. The second-order valence-corrected chi connectivity index (χ2v) is 7.31. The van der Waals surface area contributed by atoms with E-state index in [4.69, 9.17) is 0 Å². The van der Waals surface area contributed by atoms with Crippen molar-refractivity contribution in [2.75, 3.05) is 5.32 Å². The number of benzene rings is 2. The van der Waals surface area contributed by atoms with E-state index in [1.54, 1.807) is 18.2 Å². The van der Waals surface area contributed by atoms with Crippen LogP contribution in [0.4, 0.5) is 5.69 Å². The molecule has 1 heterocycles. The minimum absolute atomic E-state index is 0.110. The molecule has 7 heteroatoms. The zero-order chi connectivity index (χ0) is 18.7. The van der Waals surface area contributed by atoms with E-state index in [-0.39, 0.29) is 16.9 Å². The molecule has 0 saturated heterocycles. The van der Waals surface area contributed by atoms with Crippen LogP contribution in [0.1, 0.15) is 18.1 Å². The van der Waals surface area contributed by atoms with E-state index in [1.165, 1.54) is 11.8 Å². The van der Waals surface area contributed by atoms with Gasteiger partial charge in [-0.1, -0.05) is 42.1 Å². The van der Waals surface area contributed by atoms with Gasteiger partial charge in [-0.05, 0) is 44.0 Å². The maximum absolute atomic E-state index is 12.5. The standard InChI is InChI=1S/C19H20N4O2S/c1-11-7-6-8-12(2)16(11)20-18(25)13(3)26-19-21-17(22-23-19)14-9-4-5-10-15(14)24/h4-10,13,24H,1-3H3,(H,20,25)(H,21,22,23)/t13-/m0/s1. The molecule has 3 aromatic rings. The number of rotatable bonds is 5. The lowest BCUT2D eigenvalue weighted by Crippen LogP contribution is -2.23. The van der Waals surface area contributed by atoms with Crippen LogP contribution in [0.25, 0.3) is 11.4 Å². The summed E-state index contributed by atoms with van der Waals surface area (Å²) in [7, 11) is 0. The van der Waals surface area contributed by atoms with Crippen LogP contribution in [-0.4, -0.2) is 31.4 Å². The third-order valence-electron chi connectivity index (χ3n) is 4.00. The number of nitrogens with one attached hydrogen (secondary N) is 2. The average Bonchev–Trinajstić information content (AvgIpc) is 3.06. The lowest BCUT2D eigenvalue weighted by molar-refractivity contribution is -0.115. The fraction of sp³-hybridized carbons (Fsp3) is 0.211. The van der Waals surface area contributed by atoms with E-state index in [0.717, 1.165) is 16.8 Å². The molecular weight excluding hydrogens is 348 g/mol. The second kappa shape index (κ2) is 7.61. The molecule has 0 radical (unpaired) electrons. The van der Waals surface area contributed by atoms with Crippen molar-refractivity contribution in [2.45, 2.75) is 31.2 Å². The quantitative estimate of drug-likeness (QED) is 0.594. The monoisotopic (exact) mass is 368 g/mol. The molecule has 0 aliphatic carbocycles. The van der Waals surface area contributed by atoms with Gasteiger partial charge in [0.05, 0.1) is 10.8 Å². The van der Waals surface area contributed by atoms with Gasteiger partial charge in [0, 0.05) is 5.69 Å². The van der Waals surface area contributed by atoms with Crippen molar-refractivity contribution in [1.82, 2.24) is 15.2 Å². The van der Waals surface area contributed by atoms with E-state index >= 15 is 0 Å². The lowest BCUT2D eigenvalue weighted by Gasteiger charge is -2.14. The smallest absolute Gasteiger partial charge is 0.237 e. The average molecular weight is 368 g/mol. The molecule has 3 rings (SSSR count). The van der Waals surface area contributed by atoms with E-state index in [9.17, 15) is 9.90 Å². The Bertz CT molecular complexity index is 919. The number of para-hydroxylation sites is 2. The number of aromatic amines is 1. The summed E-state index contributed by atoms with van der Waals surface area (Å²) in [5.74, 6) is 0.482. The van der Waals surface area contributed by atoms with Crippen molar-refractivity contribution in [3.63, 3.8) is 0 Å². The Morgan fingerprint density at radius 2 is 1.85 bits per heavy atom.